The summed E-state index contributed by atoms with van der Waals surface area (Å²) in [6.45, 7) is 0.517. The summed E-state index contributed by atoms with van der Waals surface area (Å²) in [5.74, 6) is 0.277. The molecule has 2 atom stereocenters. The topological polar surface area (TPSA) is 86.7 Å². The van der Waals surface area contributed by atoms with E-state index in [1.165, 1.54) is 4.90 Å². The SMILES string of the molecule is O=C(NCCN1C(=O)CSC1=O)C1CC1c1ccc(O)cc1. The predicted molar refractivity (Wildman–Crippen MR) is 81.5 cm³/mol. The Morgan fingerprint density at radius 2 is 2.05 bits per heavy atom. The molecule has 2 fully saturated rings. The first kappa shape index (κ1) is 14.9. The standard InChI is InChI=1S/C15H16N2O4S/c18-10-3-1-9(2-4-10)11-7-12(11)14(20)16-5-6-17-13(19)8-22-15(17)21/h1-4,11-12,18H,5-8H2,(H,16,20). The van der Waals surface area contributed by atoms with Gasteiger partial charge in [0.2, 0.25) is 11.8 Å². The number of amides is 3. The number of nitrogens with one attached hydrogen (secondary N) is 1. The van der Waals surface area contributed by atoms with Crippen LogP contribution >= 0.6 is 11.8 Å². The summed E-state index contributed by atoms with van der Waals surface area (Å²) in [5.41, 5.74) is 1.04. The predicted octanol–water partition coefficient (Wildman–Crippen LogP) is 1.31. The Kier molecular flexibility index (Phi) is 4.06. The highest BCUT2D eigenvalue weighted by atomic mass is 32.2. The summed E-state index contributed by atoms with van der Waals surface area (Å²) in [6.07, 6.45) is 0.786. The van der Waals surface area contributed by atoms with Gasteiger partial charge in [0.05, 0.1) is 5.75 Å². The van der Waals surface area contributed by atoms with Crippen molar-refractivity contribution >= 4 is 28.8 Å². The third-order valence-electron chi connectivity index (χ3n) is 3.92. The molecule has 116 valence electrons. The fourth-order valence-electron chi connectivity index (χ4n) is 2.59. The van der Waals surface area contributed by atoms with Gasteiger partial charge in [0, 0.05) is 19.0 Å². The van der Waals surface area contributed by atoms with Crippen LogP contribution < -0.4 is 5.32 Å². The van der Waals surface area contributed by atoms with Crippen LogP contribution in [0.3, 0.4) is 0 Å². The first-order valence-electron chi connectivity index (χ1n) is 7.10. The molecule has 1 saturated carbocycles. The van der Waals surface area contributed by atoms with Crippen molar-refractivity contribution in [3.63, 3.8) is 0 Å². The first-order valence-corrected chi connectivity index (χ1v) is 8.08. The van der Waals surface area contributed by atoms with Gasteiger partial charge in [0.15, 0.2) is 0 Å². The molecule has 1 aliphatic heterocycles. The number of hydrogen-bond acceptors (Lipinski definition) is 5. The van der Waals surface area contributed by atoms with Crippen LogP contribution in [0.5, 0.6) is 5.75 Å². The average Bonchev–Trinajstić information content (AvgIpc) is 3.24. The monoisotopic (exact) mass is 320 g/mol. The molecule has 0 bridgehead atoms. The number of hydrogen-bond donors (Lipinski definition) is 2. The molecule has 0 spiro atoms. The van der Waals surface area contributed by atoms with E-state index in [-0.39, 0.29) is 53.5 Å². The van der Waals surface area contributed by atoms with Gasteiger partial charge in [-0.15, -0.1) is 0 Å². The Labute approximate surface area is 131 Å². The van der Waals surface area contributed by atoms with Crippen molar-refractivity contribution in [2.24, 2.45) is 5.92 Å². The van der Waals surface area contributed by atoms with Gasteiger partial charge in [-0.05, 0) is 30.0 Å². The summed E-state index contributed by atoms with van der Waals surface area (Å²) in [7, 11) is 0. The molecule has 0 radical (unpaired) electrons. The molecule has 2 aliphatic rings. The lowest BCUT2D eigenvalue weighted by Crippen LogP contribution is -2.38. The van der Waals surface area contributed by atoms with E-state index in [1.807, 2.05) is 12.1 Å². The van der Waals surface area contributed by atoms with Gasteiger partial charge >= 0.3 is 0 Å². The van der Waals surface area contributed by atoms with E-state index in [2.05, 4.69) is 5.32 Å². The lowest BCUT2D eigenvalue weighted by atomic mass is 10.1. The fourth-order valence-corrected chi connectivity index (χ4v) is 3.35. The van der Waals surface area contributed by atoms with Crippen molar-refractivity contribution in [3.05, 3.63) is 29.8 Å². The number of phenolic OH excluding ortho intramolecular Hbond substituents is 1. The minimum absolute atomic E-state index is 0.0511. The summed E-state index contributed by atoms with van der Waals surface area (Å²) in [5, 5.41) is 11.8. The van der Waals surface area contributed by atoms with E-state index in [0.29, 0.717) is 0 Å². The summed E-state index contributed by atoms with van der Waals surface area (Å²) in [4.78, 5) is 36.0. The Morgan fingerprint density at radius 1 is 1.32 bits per heavy atom. The molecule has 0 aromatic heterocycles. The van der Waals surface area contributed by atoms with Crippen molar-refractivity contribution in [1.29, 1.82) is 0 Å². The Morgan fingerprint density at radius 3 is 2.68 bits per heavy atom. The van der Waals surface area contributed by atoms with Crippen LogP contribution in [0.25, 0.3) is 0 Å². The molecule has 3 amide bonds. The van der Waals surface area contributed by atoms with Crippen LogP contribution in [0.1, 0.15) is 17.9 Å². The maximum absolute atomic E-state index is 12.0. The molecule has 3 rings (SSSR count). The normalized spacial score (nSPS) is 23.7. The van der Waals surface area contributed by atoms with Gasteiger partial charge in [-0.1, -0.05) is 23.9 Å². The molecule has 22 heavy (non-hydrogen) atoms. The van der Waals surface area contributed by atoms with Crippen molar-refractivity contribution in [2.45, 2.75) is 12.3 Å². The summed E-state index contributed by atoms with van der Waals surface area (Å²) >= 11 is 0.994. The number of carbonyl (C=O) groups is 3. The van der Waals surface area contributed by atoms with Gasteiger partial charge in [-0.3, -0.25) is 19.3 Å². The number of thioether (sulfide) groups is 1. The summed E-state index contributed by atoms with van der Waals surface area (Å²) < 4.78 is 0. The third kappa shape index (κ3) is 3.09. The van der Waals surface area contributed by atoms with Crippen LogP contribution in [0.4, 0.5) is 4.79 Å². The molecular weight excluding hydrogens is 304 g/mol. The number of aromatic hydroxyl groups is 1. The molecule has 1 aliphatic carbocycles. The largest absolute Gasteiger partial charge is 0.508 e. The van der Waals surface area contributed by atoms with Gasteiger partial charge in [-0.25, -0.2) is 0 Å². The first-order chi connectivity index (χ1) is 10.6. The lowest BCUT2D eigenvalue weighted by Gasteiger charge is -2.13. The highest BCUT2D eigenvalue weighted by molar-refractivity contribution is 8.14. The van der Waals surface area contributed by atoms with Gasteiger partial charge < -0.3 is 10.4 Å². The van der Waals surface area contributed by atoms with Crippen molar-refractivity contribution in [1.82, 2.24) is 10.2 Å². The average molecular weight is 320 g/mol. The van der Waals surface area contributed by atoms with E-state index < -0.39 is 0 Å². The quantitative estimate of drug-likeness (QED) is 0.854. The van der Waals surface area contributed by atoms with Gasteiger partial charge in [0.1, 0.15) is 5.75 Å². The second-order valence-electron chi connectivity index (χ2n) is 5.43. The van der Waals surface area contributed by atoms with Crippen LogP contribution in [-0.4, -0.2) is 45.9 Å². The molecule has 6 nitrogen and oxygen atoms in total. The maximum atomic E-state index is 12.0. The number of imide groups is 1. The van der Waals surface area contributed by atoms with Crippen LogP contribution in [0, 0.1) is 5.92 Å². The number of benzene rings is 1. The highest BCUT2D eigenvalue weighted by Gasteiger charge is 2.43. The zero-order valence-electron chi connectivity index (χ0n) is 11.8. The summed E-state index contributed by atoms with van der Waals surface area (Å²) in [6, 6.07) is 6.88. The molecule has 2 N–H and O–H groups in total. The Balaban J connectivity index is 1.45. The van der Waals surface area contributed by atoms with E-state index >= 15 is 0 Å². The number of carbonyl (C=O) groups excluding carboxylic acids is 3. The Hall–Kier alpha value is -2.02. The zero-order chi connectivity index (χ0) is 15.7. The number of rotatable bonds is 5. The minimum Gasteiger partial charge on any atom is -0.508 e. The fraction of sp³-hybridized carbons (Fsp3) is 0.400. The van der Waals surface area contributed by atoms with Gasteiger partial charge in [0.25, 0.3) is 5.24 Å². The van der Waals surface area contributed by atoms with Gasteiger partial charge in [-0.2, -0.15) is 0 Å². The van der Waals surface area contributed by atoms with E-state index in [0.717, 1.165) is 23.7 Å². The van der Waals surface area contributed by atoms with Crippen LogP contribution in [0.2, 0.25) is 0 Å². The maximum Gasteiger partial charge on any atom is 0.288 e. The third-order valence-corrected chi connectivity index (χ3v) is 4.78. The molecular formula is C15H16N2O4S. The Bertz CT molecular complexity index is 600. The van der Waals surface area contributed by atoms with Crippen molar-refractivity contribution in [2.75, 3.05) is 18.8 Å². The van der Waals surface area contributed by atoms with Crippen LogP contribution in [0.15, 0.2) is 24.3 Å². The van der Waals surface area contributed by atoms with E-state index in [9.17, 15) is 19.5 Å². The van der Waals surface area contributed by atoms with E-state index in [4.69, 9.17) is 0 Å². The molecule has 2 unspecified atom stereocenters. The van der Waals surface area contributed by atoms with E-state index in [1.54, 1.807) is 12.1 Å². The smallest absolute Gasteiger partial charge is 0.288 e. The second kappa shape index (κ2) is 6.00. The highest BCUT2D eigenvalue weighted by Crippen LogP contribution is 2.47. The lowest BCUT2D eigenvalue weighted by molar-refractivity contribution is -0.126. The molecule has 1 aromatic carbocycles. The van der Waals surface area contributed by atoms with Crippen molar-refractivity contribution in [3.8, 4) is 5.75 Å². The molecule has 1 aromatic rings. The molecule has 1 heterocycles. The molecule has 7 heteroatoms. The van der Waals surface area contributed by atoms with Crippen molar-refractivity contribution < 1.29 is 19.5 Å². The zero-order valence-corrected chi connectivity index (χ0v) is 12.6. The van der Waals surface area contributed by atoms with Crippen LogP contribution in [-0.2, 0) is 9.59 Å². The molecule has 1 saturated heterocycles. The second-order valence-corrected chi connectivity index (χ2v) is 6.36. The number of phenols is 1. The number of nitrogens with zero attached hydrogens (tertiary/aromatic N) is 1. The minimum atomic E-state index is -0.243.